The van der Waals surface area contributed by atoms with Gasteiger partial charge in [-0.1, -0.05) is 6.08 Å². The molecular weight excluding hydrogens is 116 g/mol. The summed E-state index contributed by atoms with van der Waals surface area (Å²) in [6.07, 6.45) is 1.49. The summed E-state index contributed by atoms with van der Waals surface area (Å²) in [5, 5.41) is 16.3. The van der Waals surface area contributed by atoms with Crippen molar-refractivity contribution in [3.8, 4) is 0 Å². The Morgan fingerprint density at radius 2 is 1.67 bits per heavy atom. The van der Waals surface area contributed by atoms with Crippen molar-refractivity contribution < 1.29 is 10.2 Å². The molecule has 2 heteroatoms. The van der Waals surface area contributed by atoms with E-state index < -0.39 is 5.60 Å². The normalized spacial score (nSPS) is 9.44. The fourth-order valence-electron chi connectivity index (χ4n) is 0. The monoisotopic (exact) mass is 132 g/mol. The zero-order valence-electron chi connectivity index (χ0n) is 6.39. The lowest BCUT2D eigenvalue weighted by molar-refractivity contribution is 0.133. The van der Waals surface area contributed by atoms with Crippen LogP contribution in [0.1, 0.15) is 20.8 Å². The van der Waals surface area contributed by atoms with E-state index in [-0.39, 0.29) is 6.61 Å². The maximum atomic E-state index is 8.71. The lowest BCUT2D eigenvalue weighted by Gasteiger charge is -2.07. The minimum absolute atomic E-state index is 0.250. The van der Waals surface area contributed by atoms with Crippen molar-refractivity contribution in [2.75, 3.05) is 6.61 Å². The van der Waals surface area contributed by atoms with Gasteiger partial charge >= 0.3 is 0 Å². The molecule has 0 aliphatic rings. The standard InChI is InChI=1S/C5H10O.C2H6O/c1-4-5(2,3)6;1-2-3/h4,6H,1H2,2-3H3;3H,2H2,1H3. The summed E-state index contributed by atoms with van der Waals surface area (Å²) < 4.78 is 0. The Kier molecular flexibility index (Phi) is 7.37. The molecule has 56 valence electrons. The van der Waals surface area contributed by atoms with Gasteiger partial charge in [0.25, 0.3) is 0 Å². The minimum Gasteiger partial charge on any atom is -0.397 e. The average Bonchev–Trinajstić information content (AvgIpc) is 1.67. The van der Waals surface area contributed by atoms with Crippen LogP contribution in [0.4, 0.5) is 0 Å². The van der Waals surface area contributed by atoms with Crippen molar-refractivity contribution in [2.24, 2.45) is 0 Å². The topological polar surface area (TPSA) is 40.5 Å². The first-order valence-corrected chi connectivity index (χ1v) is 2.94. The van der Waals surface area contributed by atoms with E-state index in [1.807, 2.05) is 0 Å². The van der Waals surface area contributed by atoms with Crippen LogP contribution in [0.5, 0.6) is 0 Å². The zero-order valence-corrected chi connectivity index (χ0v) is 6.39. The number of aliphatic hydroxyl groups excluding tert-OH is 1. The van der Waals surface area contributed by atoms with Gasteiger partial charge in [0.2, 0.25) is 0 Å². The molecule has 0 bridgehead atoms. The molecule has 0 aliphatic heterocycles. The van der Waals surface area contributed by atoms with Crippen LogP contribution in [0.2, 0.25) is 0 Å². The van der Waals surface area contributed by atoms with Crippen molar-refractivity contribution in [1.29, 1.82) is 0 Å². The molecule has 0 saturated heterocycles. The molecule has 0 heterocycles. The molecule has 2 nitrogen and oxygen atoms in total. The van der Waals surface area contributed by atoms with E-state index in [1.54, 1.807) is 20.8 Å². The minimum atomic E-state index is -0.694. The Morgan fingerprint density at radius 3 is 1.67 bits per heavy atom. The highest BCUT2D eigenvalue weighted by molar-refractivity contribution is 4.86. The second-order valence-electron chi connectivity index (χ2n) is 2.17. The molecule has 0 amide bonds. The maximum absolute atomic E-state index is 8.71. The second-order valence-corrected chi connectivity index (χ2v) is 2.17. The summed E-state index contributed by atoms with van der Waals surface area (Å²) in [4.78, 5) is 0. The van der Waals surface area contributed by atoms with Crippen LogP contribution in [0.3, 0.4) is 0 Å². The van der Waals surface area contributed by atoms with E-state index in [0.29, 0.717) is 0 Å². The second kappa shape index (κ2) is 5.79. The Balaban J connectivity index is 0. The lowest BCUT2D eigenvalue weighted by Crippen LogP contribution is -2.12. The van der Waals surface area contributed by atoms with Gasteiger partial charge in [-0.25, -0.2) is 0 Å². The molecule has 0 spiro atoms. The summed E-state index contributed by atoms with van der Waals surface area (Å²) in [5.74, 6) is 0. The molecular formula is C7H16O2. The van der Waals surface area contributed by atoms with Crippen molar-refractivity contribution >= 4 is 0 Å². The van der Waals surface area contributed by atoms with Crippen molar-refractivity contribution in [3.63, 3.8) is 0 Å². The Labute approximate surface area is 56.8 Å². The van der Waals surface area contributed by atoms with Gasteiger partial charge in [-0.05, 0) is 20.8 Å². The van der Waals surface area contributed by atoms with E-state index >= 15 is 0 Å². The van der Waals surface area contributed by atoms with Gasteiger partial charge in [0, 0.05) is 6.61 Å². The first-order valence-electron chi connectivity index (χ1n) is 2.94. The average molecular weight is 132 g/mol. The number of rotatable bonds is 1. The van der Waals surface area contributed by atoms with Crippen molar-refractivity contribution in [3.05, 3.63) is 12.7 Å². The SMILES string of the molecule is C=CC(C)(C)O.CCO. The highest BCUT2D eigenvalue weighted by Crippen LogP contribution is 1.98. The number of aliphatic hydroxyl groups is 2. The molecule has 0 radical (unpaired) electrons. The van der Waals surface area contributed by atoms with Crippen LogP contribution in [0.25, 0.3) is 0 Å². The van der Waals surface area contributed by atoms with Gasteiger partial charge in [0.15, 0.2) is 0 Å². The summed E-state index contributed by atoms with van der Waals surface area (Å²) in [7, 11) is 0. The lowest BCUT2D eigenvalue weighted by atomic mass is 10.1. The van der Waals surface area contributed by atoms with Crippen LogP contribution < -0.4 is 0 Å². The summed E-state index contributed by atoms with van der Waals surface area (Å²) >= 11 is 0. The fraction of sp³-hybridized carbons (Fsp3) is 0.714. The smallest absolute Gasteiger partial charge is 0.0769 e. The molecule has 0 saturated carbocycles. The van der Waals surface area contributed by atoms with Crippen molar-refractivity contribution in [2.45, 2.75) is 26.4 Å². The third kappa shape index (κ3) is 34.7. The molecule has 0 atom stereocenters. The van der Waals surface area contributed by atoms with Crippen LogP contribution in [-0.4, -0.2) is 22.4 Å². The van der Waals surface area contributed by atoms with E-state index in [9.17, 15) is 0 Å². The van der Waals surface area contributed by atoms with Crippen LogP contribution in [0.15, 0.2) is 12.7 Å². The van der Waals surface area contributed by atoms with Crippen LogP contribution in [-0.2, 0) is 0 Å². The zero-order chi connectivity index (χ0) is 7.91. The molecule has 0 fully saturated rings. The van der Waals surface area contributed by atoms with Crippen LogP contribution in [0, 0.1) is 0 Å². The molecule has 2 N–H and O–H groups in total. The first-order chi connectivity index (χ1) is 3.97. The van der Waals surface area contributed by atoms with E-state index in [4.69, 9.17) is 10.2 Å². The van der Waals surface area contributed by atoms with Gasteiger partial charge in [-0.3, -0.25) is 0 Å². The number of hydrogen-bond donors (Lipinski definition) is 2. The van der Waals surface area contributed by atoms with E-state index in [2.05, 4.69) is 6.58 Å². The van der Waals surface area contributed by atoms with Gasteiger partial charge in [0.05, 0.1) is 5.60 Å². The fourth-order valence-corrected chi connectivity index (χ4v) is 0. The number of hydrogen-bond acceptors (Lipinski definition) is 2. The predicted octanol–water partition coefficient (Wildman–Crippen LogP) is 0.942. The maximum Gasteiger partial charge on any atom is 0.0769 e. The molecule has 9 heavy (non-hydrogen) atoms. The third-order valence-electron chi connectivity index (χ3n) is 0.500. The van der Waals surface area contributed by atoms with Crippen LogP contribution >= 0.6 is 0 Å². The van der Waals surface area contributed by atoms with Gasteiger partial charge < -0.3 is 10.2 Å². The largest absolute Gasteiger partial charge is 0.397 e. The van der Waals surface area contributed by atoms with Gasteiger partial charge in [0.1, 0.15) is 0 Å². The van der Waals surface area contributed by atoms with Crippen molar-refractivity contribution in [1.82, 2.24) is 0 Å². The summed E-state index contributed by atoms with van der Waals surface area (Å²) in [6.45, 7) is 8.67. The summed E-state index contributed by atoms with van der Waals surface area (Å²) in [6, 6.07) is 0. The molecule has 0 unspecified atom stereocenters. The molecule has 0 rings (SSSR count). The third-order valence-corrected chi connectivity index (χ3v) is 0.500. The molecule has 0 aromatic heterocycles. The highest BCUT2D eigenvalue weighted by atomic mass is 16.3. The first kappa shape index (κ1) is 11.5. The Hall–Kier alpha value is -0.340. The highest BCUT2D eigenvalue weighted by Gasteiger charge is 2.02. The van der Waals surface area contributed by atoms with E-state index in [0.717, 1.165) is 0 Å². The Bertz CT molecular complexity index is 61.8. The molecule has 0 aromatic carbocycles. The van der Waals surface area contributed by atoms with Gasteiger partial charge in [-0.2, -0.15) is 0 Å². The quantitative estimate of drug-likeness (QED) is 0.521. The van der Waals surface area contributed by atoms with E-state index in [1.165, 1.54) is 6.08 Å². The Morgan fingerprint density at radius 1 is 1.56 bits per heavy atom. The molecule has 0 aromatic rings. The predicted molar refractivity (Wildman–Crippen MR) is 39.3 cm³/mol. The summed E-state index contributed by atoms with van der Waals surface area (Å²) in [5.41, 5.74) is -0.694. The van der Waals surface area contributed by atoms with Gasteiger partial charge in [-0.15, -0.1) is 6.58 Å². The molecule has 0 aliphatic carbocycles.